The Balaban J connectivity index is 1.84. The van der Waals surface area contributed by atoms with Crippen LogP contribution in [0.1, 0.15) is 12.5 Å². The highest BCUT2D eigenvalue weighted by molar-refractivity contribution is 9.10. The molecule has 1 amide bonds. The molecule has 0 spiro atoms. The lowest BCUT2D eigenvalue weighted by Gasteiger charge is -2.22. The van der Waals surface area contributed by atoms with E-state index in [2.05, 4.69) is 26.2 Å². The largest absolute Gasteiger partial charge is 0.393 e. The minimum absolute atomic E-state index is 0.0249. The number of carbonyl (C=O) groups is 1. The summed E-state index contributed by atoms with van der Waals surface area (Å²) in [6, 6.07) is 17.0. The highest BCUT2D eigenvalue weighted by Crippen LogP contribution is 2.22. The van der Waals surface area contributed by atoms with Crippen LogP contribution in [0.15, 0.2) is 70.5 Å². The lowest BCUT2D eigenvalue weighted by atomic mass is 10.2. The Labute approximate surface area is 166 Å². The second kappa shape index (κ2) is 7.77. The number of para-hydroxylation sites is 1. The Morgan fingerprint density at radius 3 is 2.59 bits per heavy atom. The van der Waals surface area contributed by atoms with Crippen LogP contribution < -0.4 is 21.9 Å². The number of halogens is 1. The standard InChI is InChI=1S/C20H20BrN5O/c1-12-5-3-4-6-17(12)26(23)13(2)19(22)20(27)25-18-10-8-14-7-9-15(21)11-16(14)24-18/h3-11H,22-23H2,1-2H3,(H,24,25,27)/b19-13-. The molecule has 7 heteroatoms. The fourth-order valence-electron chi connectivity index (χ4n) is 2.65. The Morgan fingerprint density at radius 2 is 1.85 bits per heavy atom. The SMILES string of the molecule is C/C(=C(/N)C(=O)Nc1ccc2ccc(Br)cc2n1)N(N)c1ccccc1C. The summed E-state index contributed by atoms with van der Waals surface area (Å²) in [6.07, 6.45) is 0. The van der Waals surface area contributed by atoms with Crippen molar-refractivity contribution in [2.45, 2.75) is 13.8 Å². The molecule has 3 rings (SSSR count). The van der Waals surface area contributed by atoms with Crippen LogP contribution in [0, 0.1) is 6.92 Å². The molecular weight excluding hydrogens is 406 g/mol. The molecule has 0 aliphatic heterocycles. The molecule has 0 aliphatic rings. The van der Waals surface area contributed by atoms with Crippen molar-refractivity contribution in [1.29, 1.82) is 0 Å². The van der Waals surface area contributed by atoms with E-state index in [9.17, 15) is 4.79 Å². The predicted molar refractivity (Wildman–Crippen MR) is 113 cm³/mol. The number of hydrogen-bond donors (Lipinski definition) is 3. The average Bonchev–Trinajstić information content (AvgIpc) is 2.66. The zero-order valence-corrected chi connectivity index (χ0v) is 16.6. The van der Waals surface area contributed by atoms with Gasteiger partial charge in [-0.25, -0.2) is 10.8 Å². The highest BCUT2D eigenvalue weighted by Gasteiger charge is 2.15. The quantitative estimate of drug-likeness (QED) is 0.335. The Hall–Kier alpha value is -2.90. The van der Waals surface area contributed by atoms with Gasteiger partial charge in [0.05, 0.1) is 16.9 Å². The molecule has 2 aromatic carbocycles. The van der Waals surface area contributed by atoms with E-state index in [1.54, 1.807) is 13.0 Å². The number of rotatable bonds is 4. The molecule has 0 bridgehead atoms. The summed E-state index contributed by atoms with van der Waals surface area (Å²) in [6.45, 7) is 3.64. The molecule has 3 aromatic rings. The number of hydrazine groups is 1. The zero-order chi connectivity index (χ0) is 19.6. The summed E-state index contributed by atoms with van der Waals surface area (Å²) in [4.78, 5) is 17.0. The van der Waals surface area contributed by atoms with Crippen LogP contribution in [0.4, 0.5) is 11.5 Å². The molecule has 0 radical (unpaired) electrons. The molecule has 0 atom stereocenters. The van der Waals surface area contributed by atoms with Crippen LogP contribution in [0.3, 0.4) is 0 Å². The summed E-state index contributed by atoms with van der Waals surface area (Å²) in [5.74, 6) is 6.11. The number of nitrogens with two attached hydrogens (primary N) is 2. The maximum absolute atomic E-state index is 12.6. The van der Waals surface area contributed by atoms with Gasteiger partial charge in [0.15, 0.2) is 0 Å². The Bertz CT molecular complexity index is 1050. The van der Waals surface area contributed by atoms with Crippen molar-refractivity contribution in [1.82, 2.24) is 4.98 Å². The number of pyridine rings is 1. The normalized spacial score (nSPS) is 11.9. The second-order valence-corrected chi connectivity index (χ2v) is 7.06. The molecule has 0 fully saturated rings. The van der Waals surface area contributed by atoms with Gasteiger partial charge in [0.25, 0.3) is 5.91 Å². The first-order valence-electron chi connectivity index (χ1n) is 8.31. The lowest BCUT2D eigenvalue weighted by molar-refractivity contribution is -0.113. The summed E-state index contributed by atoms with van der Waals surface area (Å²) < 4.78 is 0.915. The summed E-state index contributed by atoms with van der Waals surface area (Å²) in [7, 11) is 0. The van der Waals surface area contributed by atoms with Gasteiger partial charge in [0, 0.05) is 9.86 Å². The first kappa shape index (κ1) is 18.9. The summed E-state index contributed by atoms with van der Waals surface area (Å²) in [5, 5.41) is 5.11. The fraction of sp³-hybridized carbons (Fsp3) is 0.100. The molecule has 5 N–H and O–H groups in total. The third-order valence-corrected chi connectivity index (χ3v) is 4.76. The predicted octanol–water partition coefficient (Wildman–Crippen LogP) is 3.81. The van der Waals surface area contributed by atoms with Crippen molar-refractivity contribution < 1.29 is 4.79 Å². The van der Waals surface area contributed by atoms with Crippen LogP contribution in [-0.2, 0) is 4.79 Å². The summed E-state index contributed by atoms with van der Waals surface area (Å²) >= 11 is 3.42. The molecule has 0 saturated heterocycles. The van der Waals surface area contributed by atoms with E-state index in [-0.39, 0.29) is 5.70 Å². The molecule has 0 unspecified atom stereocenters. The number of aromatic nitrogens is 1. The van der Waals surface area contributed by atoms with Crippen LogP contribution in [0.5, 0.6) is 0 Å². The van der Waals surface area contributed by atoms with Crippen molar-refractivity contribution in [3.63, 3.8) is 0 Å². The first-order chi connectivity index (χ1) is 12.9. The fourth-order valence-corrected chi connectivity index (χ4v) is 3.00. The van der Waals surface area contributed by atoms with E-state index < -0.39 is 5.91 Å². The zero-order valence-electron chi connectivity index (χ0n) is 15.0. The third kappa shape index (κ3) is 4.10. The molecule has 1 aromatic heterocycles. The minimum Gasteiger partial charge on any atom is -0.393 e. The molecular formula is C20H20BrN5O. The van der Waals surface area contributed by atoms with Crippen molar-refractivity contribution in [3.05, 3.63) is 76.0 Å². The number of anilines is 2. The number of hydrogen-bond acceptors (Lipinski definition) is 5. The highest BCUT2D eigenvalue weighted by atomic mass is 79.9. The van der Waals surface area contributed by atoms with Crippen molar-refractivity contribution in [3.8, 4) is 0 Å². The van der Waals surface area contributed by atoms with Crippen molar-refractivity contribution >= 4 is 44.2 Å². The lowest BCUT2D eigenvalue weighted by Crippen LogP contribution is -2.34. The van der Waals surface area contributed by atoms with E-state index in [0.29, 0.717) is 11.5 Å². The van der Waals surface area contributed by atoms with Gasteiger partial charge >= 0.3 is 0 Å². The van der Waals surface area contributed by atoms with E-state index in [0.717, 1.165) is 26.6 Å². The second-order valence-electron chi connectivity index (χ2n) is 6.14. The maximum Gasteiger partial charge on any atom is 0.274 e. The first-order valence-corrected chi connectivity index (χ1v) is 9.10. The number of aryl methyl sites for hydroxylation is 1. The topological polar surface area (TPSA) is 97.3 Å². The Morgan fingerprint density at radius 1 is 1.15 bits per heavy atom. The van der Waals surface area contributed by atoms with Crippen LogP contribution >= 0.6 is 15.9 Å². The van der Waals surface area contributed by atoms with Gasteiger partial charge in [-0.1, -0.05) is 40.2 Å². The minimum atomic E-state index is -0.460. The van der Waals surface area contributed by atoms with Gasteiger partial charge in [-0.05, 0) is 49.7 Å². The summed E-state index contributed by atoms with van der Waals surface area (Å²) in [5.41, 5.74) is 9.04. The number of fused-ring (bicyclic) bond motifs is 1. The van der Waals surface area contributed by atoms with Gasteiger partial charge < -0.3 is 11.1 Å². The number of amides is 1. The van der Waals surface area contributed by atoms with Gasteiger partial charge in [-0.15, -0.1) is 0 Å². The van der Waals surface area contributed by atoms with E-state index in [1.165, 1.54) is 5.01 Å². The number of benzene rings is 2. The number of carbonyl (C=O) groups excluding carboxylic acids is 1. The van der Waals surface area contributed by atoms with E-state index in [4.69, 9.17) is 11.6 Å². The van der Waals surface area contributed by atoms with Crippen LogP contribution in [0.2, 0.25) is 0 Å². The molecule has 0 aliphatic carbocycles. The third-order valence-electron chi connectivity index (χ3n) is 4.27. The number of allylic oxidation sites excluding steroid dienone is 1. The van der Waals surface area contributed by atoms with Crippen LogP contribution in [0.25, 0.3) is 10.9 Å². The van der Waals surface area contributed by atoms with Gasteiger partial charge in [-0.3, -0.25) is 9.80 Å². The Kier molecular flexibility index (Phi) is 5.43. The van der Waals surface area contributed by atoms with Crippen LogP contribution in [-0.4, -0.2) is 10.9 Å². The van der Waals surface area contributed by atoms with E-state index in [1.807, 2.05) is 55.5 Å². The molecule has 1 heterocycles. The van der Waals surface area contributed by atoms with Gasteiger partial charge in [0.2, 0.25) is 0 Å². The molecule has 138 valence electrons. The maximum atomic E-state index is 12.6. The molecule has 27 heavy (non-hydrogen) atoms. The van der Waals surface area contributed by atoms with Gasteiger partial charge in [-0.2, -0.15) is 0 Å². The smallest absolute Gasteiger partial charge is 0.274 e. The molecule has 6 nitrogen and oxygen atoms in total. The van der Waals surface area contributed by atoms with E-state index >= 15 is 0 Å². The van der Waals surface area contributed by atoms with Crippen molar-refractivity contribution in [2.24, 2.45) is 11.6 Å². The average molecular weight is 426 g/mol. The van der Waals surface area contributed by atoms with Crippen molar-refractivity contribution in [2.75, 3.05) is 10.3 Å². The van der Waals surface area contributed by atoms with Gasteiger partial charge in [0.1, 0.15) is 11.5 Å². The number of nitrogens with zero attached hydrogens (tertiary/aromatic N) is 2. The molecule has 0 saturated carbocycles. The monoisotopic (exact) mass is 425 g/mol. The number of nitrogens with one attached hydrogen (secondary N) is 1.